The highest BCUT2D eigenvalue weighted by Crippen LogP contribution is 2.25. The van der Waals surface area contributed by atoms with Crippen molar-refractivity contribution in [3.8, 4) is 0 Å². The summed E-state index contributed by atoms with van der Waals surface area (Å²) >= 11 is 1.52. The molecule has 0 aliphatic rings. The number of nitrogens with one attached hydrogen (secondary N) is 1. The van der Waals surface area contributed by atoms with Crippen LogP contribution in [0.4, 0.5) is 0 Å². The molecular weight excluding hydrogens is 282 g/mol. The maximum atomic E-state index is 4.55. The van der Waals surface area contributed by atoms with Crippen LogP contribution in [0.25, 0.3) is 0 Å². The van der Waals surface area contributed by atoms with Gasteiger partial charge in [0.2, 0.25) is 0 Å². The number of hydrogen-bond acceptors (Lipinski definition) is 5. The molecule has 21 heavy (non-hydrogen) atoms. The Balaban J connectivity index is 2.21. The normalized spacial score (nSPS) is 12.8. The summed E-state index contributed by atoms with van der Waals surface area (Å²) in [6, 6.07) is 2.49. The zero-order valence-electron chi connectivity index (χ0n) is 13.4. The van der Waals surface area contributed by atoms with Crippen molar-refractivity contribution in [1.29, 1.82) is 0 Å². The van der Waals surface area contributed by atoms with Crippen LogP contribution in [0.3, 0.4) is 0 Å². The summed E-state index contributed by atoms with van der Waals surface area (Å²) in [5.41, 5.74) is 3.53. The van der Waals surface area contributed by atoms with E-state index in [1.165, 1.54) is 22.1 Å². The van der Waals surface area contributed by atoms with E-state index in [4.69, 9.17) is 0 Å². The van der Waals surface area contributed by atoms with Crippen LogP contribution in [0.15, 0.2) is 6.07 Å². The van der Waals surface area contributed by atoms with Crippen LogP contribution >= 0.6 is 11.5 Å². The molecule has 0 bridgehead atoms. The number of hydrogen-bond donors (Lipinski definition) is 1. The number of aromatic nitrogens is 4. The largest absolute Gasteiger partial charge is 0.309 e. The minimum atomic E-state index is 0.278. The minimum absolute atomic E-state index is 0.278. The van der Waals surface area contributed by atoms with Gasteiger partial charge in [-0.15, -0.1) is 5.10 Å². The van der Waals surface area contributed by atoms with Gasteiger partial charge in [-0.2, -0.15) is 5.10 Å². The van der Waals surface area contributed by atoms with Crippen molar-refractivity contribution in [2.24, 2.45) is 7.05 Å². The fourth-order valence-corrected chi connectivity index (χ4v) is 3.26. The van der Waals surface area contributed by atoms with Crippen molar-refractivity contribution in [2.45, 2.75) is 52.5 Å². The molecule has 1 N–H and O–H groups in total. The molecule has 6 heteroatoms. The predicted molar refractivity (Wildman–Crippen MR) is 86.6 cm³/mol. The Labute approximate surface area is 130 Å². The van der Waals surface area contributed by atoms with Gasteiger partial charge in [-0.25, -0.2) is 0 Å². The third kappa shape index (κ3) is 3.89. The van der Waals surface area contributed by atoms with Gasteiger partial charge < -0.3 is 5.32 Å². The summed E-state index contributed by atoms with van der Waals surface area (Å²) in [4.78, 5) is 1.27. The van der Waals surface area contributed by atoms with E-state index in [9.17, 15) is 0 Å². The predicted octanol–water partition coefficient (Wildman–Crippen LogP) is 2.68. The maximum absolute atomic E-state index is 4.55. The van der Waals surface area contributed by atoms with E-state index < -0.39 is 0 Å². The van der Waals surface area contributed by atoms with E-state index in [0.29, 0.717) is 0 Å². The summed E-state index contributed by atoms with van der Waals surface area (Å²) < 4.78 is 6.14. The van der Waals surface area contributed by atoms with E-state index in [0.717, 1.165) is 43.6 Å². The average Bonchev–Trinajstić information content (AvgIpc) is 3.09. The number of nitrogens with zero attached hydrogens (tertiary/aromatic N) is 4. The zero-order valence-corrected chi connectivity index (χ0v) is 14.2. The first-order valence-corrected chi connectivity index (χ1v) is 8.53. The van der Waals surface area contributed by atoms with Gasteiger partial charge in [0.1, 0.15) is 0 Å². The van der Waals surface area contributed by atoms with Gasteiger partial charge >= 0.3 is 0 Å². The smallest absolute Gasteiger partial charge is 0.0801 e. The van der Waals surface area contributed by atoms with Gasteiger partial charge in [-0.1, -0.05) is 25.3 Å². The van der Waals surface area contributed by atoms with Crippen molar-refractivity contribution >= 4 is 11.5 Å². The summed E-state index contributed by atoms with van der Waals surface area (Å²) in [6.45, 7) is 7.47. The van der Waals surface area contributed by atoms with Crippen molar-refractivity contribution in [1.82, 2.24) is 24.7 Å². The molecule has 5 nitrogen and oxygen atoms in total. The van der Waals surface area contributed by atoms with Crippen LogP contribution in [0.2, 0.25) is 0 Å². The first kappa shape index (κ1) is 16.1. The van der Waals surface area contributed by atoms with Crippen molar-refractivity contribution in [3.63, 3.8) is 0 Å². The second-order valence-corrected chi connectivity index (χ2v) is 6.04. The first-order valence-electron chi connectivity index (χ1n) is 7.75. The van der Waals surface area contributed by atoms with Crippen molar-refractivity contribution < 1.29 is 0 Å². The highest BCUT2D eigenvalue weighted by atomic mass is 32.1. The quantitative estimate of drug-likeness (QED) is 0.814. The molecule has 2 aromatic heterocycles. The van der Waals surface area contributed by atoms with Crippen molar-refractivity contribution in [2.75, 3.05) is 6.54 Å². The summed E-state index contributed by atoms with van der Waals surface area (Å²) in [6.07, 6.45) is 3.96. The van der Waals surface area contributed by atoms with Crippen LogP contribution < -0.4 is 5.32 Å². The van der Waals surface area contributed by atoms with Gasteiger partial charge in [0.25, 0.3) is 0 Å². The molecule has 1 unspecified atom stereocenters. The molecule has 0 amide bonds. The second kappa shape index (κ2) is 7.66. The lowest BCUT2D eigenvalue weighted by molar-refractivity contribution is 0.515. The maximum Gasteiger partial charge on any atom is 0.0801 e. The molecule has 0 spiro atoms. The summed E-state index contributed by atoms with van der Waals surface area (Å²) in [7, 11) is 2.02. The fourth-order valence-electron chi connectivity index (χ4n) is 2.45. The molecule has 2 heterocycles. The number of aryl methyl sites for hydroxylation is 3. The molecule has 0 saturated heterocycles. The van der Waals surface area contributed by atoms with Gasteiger partial charge in [-0.3, -0.25) is 4.68 Å². The summed E-state index contributed by atoms with van der Waals surface area (Å²) in [5, 5.41) is 12.4. The van der Waals surface area contributed by atoms with E-state index in [1.807, 2.05) is 11.7 Å². The molecule has 0 radical (unpaired) electrons. The van der Waals surface area contributed by atoms with Crippen LogP contribution in [-0.2, 0) is 26.3 Å². The lowest BCUT2D eigenvalue weighted by Crippen LogP contribution is -2.25. The SMILES string of the molecule is CCCNC(Cc1cc(CC)nn1C)c1snnc1CC. The zero-order chi connectivity index (χ0) is 15.2. The highest BCUT2D eigenvalue weighted by Gasteiger charge is 2.20. The first-order chi connectivity index (χ1) is 10.2. The highest BCUT2D eigenvalue weighted by molar-refractivity contribution is 7.05. The Morgan fingerprint density at radius 1 is 1.29 bits per heavy atom. The van der Waals surface area contributed by atoms with Crippen LogP contribution in [-0.4, -0.2) is 25.9 Å². The van der Waals surface area contributed by atoms with Crippen molar-refractivity contribution in [3.05, 3.63) is 28.0 Å². The molecule has 0 saturated carbocycles. The van der Waals surface area contributed by atoms with E-state index in [1.54, 1.807) is 0 Å². The Bertz CT molecular complexity index is 560. The molecule has 0 aromatic carbocycles. The molecule has 2 aromatic rings. The molecule has 116 valence electrons. The van der Waals surface area contributed by atoms with Gasteiger partial charge in [0.05, 0.1) is 22.3 Å². The molecule has 0 fully saturated rings. The van der Waals surface area contributed by atoms with Gasteiger partial charge in [0, 0.05) is 19.2 Å². The Hall–Kier alpha value is -1.27. The molecular formula is C15H25N5S. The van der Waals surface area contributed by atoms with E-state index in [2.05, 4.69) is 46.8 Å². The fraction of sp³-hybridized carbons (Fsp3) is 0.667. The molecule has 2 rings (SSSR count). The summed E-state index contributed by atoms with van der Waals surface area (Å²) in [5.74, 6) is 0. The Morgan fingerprint density at radius 2 is 2.10 bits per heavy atom. The molecule has 0 aliphatic carbocycles. The van der Waals surface area contributed by atoms with E-state index in [-0.39, 0.29) is 6.04 Å². The monoisotopic (exact) mass is 307 g/mol. The third-order valence-corrected chi connectivity index (χ3v) is 4.56. The molecule has 0 aliphatic heterocycles. The van der Waals surface area contributed by atoms with Crippen LogP contribution in [0.5, 0.6) is 0 Å². The van der Waals surface area contributed by atoms with Gasteiger partial charge in [0.15, 0.2) is 0 Å². The standard InChI is InChI=1S/C15H25N5S/c1-5-8-16-14(15-13(7-3)17-19-21-15)10-12-9-11(6-2)18-20(12)4/h9,14,16H,5-8,10H2,1-4H3. The van der Waals surface area contributed by atoms with Crippen LogP contribution in [0.1, 0.15) is 55.2 Å². The Morgan fingerprint density at radius 3 is 2.71 bits per heavy atom. The van der Waals surface area contributed by atoms with Crippen LogP contribution in [0, 0.1) is 0 Å². The second-order valence-electron chi connectivity index (χ2n) is 5.25. The Kier molecular flexibility index (Phi) is 5.87. The third-order valence-electron chi connectivity index (χ3n) is 3.68. The average molecular weight is 307 g/mol. The van der Waals surface area contributed by atoms with Gasteiger partial charge in [-0.05, 0) is 43.4 Å². The minimum Gasteiger partial charge on any atom is -0.309 e. The number of rotatable bonds is 8. The van der Waals surface area contributed by atoms with E-state index >= 15 is 0 Å². The lowest BCUT2D eigenvalue weighted by Gasteiger charge is -2.17. The lowest BCUT2D eigenvalue weighted by atomic mass is 10.1. The topological polar surface area (TPSA) is 55.6 Å². The molecule has 1 atom stereocenters.